The Morgan fingerprint density at radius 3 is 3.00 bits per heavy atom. The fourth-order valence-electron chi connectivity index (χ4n) is 2.86. The Morgan fingerprint density at radius 2 is 2.30 bits per heavy atom. The first-order chi connectivity index (χ1) is 13.1. The first kappa shape index (κ1) is 21.7. The number of likely N-dealkylation sites (N-methyl/N-ethyl adjacent to an activating group) is 1. The SMILES string of the molecule is COCCOCC1CCN(C(=NCC(=O)N(C)C)NCCc2cccs2)C1. The molecule has 0 aromatic carbocycles. The lowest BCUT2D eigenvalue weighted by atomic mass is 10.1. The van der Waals surface area contributed by atoms with Crippen molar-refractivity contribution in [1.82, 2.24) is 15.1 Å². The first-order valence-electron chi connectivity index (χ1n) is 9.42. The van der Waals surface area contributed by atoms with Crippen LogP contribution < -0.4 is 5.32 Å². The predicted octanol–water partition coefficient (Wildman–Crippen LogP) is 1.31. The molecular formula is C19H32N4O3S. The minimum atomic E-state index is 0.00574. The number of likely N-dealkylation sites (tertiary alicyclic amines) is 1. The molecule has 27 heavy (non-hydrogen) atoms. The van der Waals surface area contributed by atoms with Gasteiger partial charge in [0.25, 0.3) is 0 Å². The predicted molar refractivity (Wildman–Crippen MR) is 109 cm³/mol. The summed E-state index contributed by atoms with van der Waals surface area (Å²) in [6.45, 7) is 4.79. The summed E-state index contributed by atoms with van der Waals surface area (Å²) in [5.41, 5.74) is 0. The number of methoxy groups -OCH3 is 1. The van der Waals surface area contributed by atoms with Crippen LogP contribution in [-0.2, 0) is 20.7 Å². The molecule has 1 unspecified atom stereocenters. The Hall–Kier alpha value is -1.64. The Morgan fingerprint density at radius 1 is 1.44 bits per heavy atom. The second-order valence-electron chi connectivity index (χ2n) is 6.85. The zero-order valence-electron chi connectivity index (χ0n) is 16.6. The van der Waals surface area contributed by atoms with Crippen molar-refractivity contribution in [3.05, 3.63) is 22.4 Å². The van der Waals surface area contributed by atoms with E-state index in [1.54, 1.807) is 37.4 Å². The molecule has 0 saturated carbocycles. The maximum Gasteiger partial charge on any atom is 0.243 e. The number of thiophene rings is 1. The van der Waals surface area contributed by atoms with E-state index in [9.17, 15) is 4.79 Å². The molecule has 1 aromatic heterocycles. The maximum absolute atomic E-state index is 11.9. The Labute approximate surface area is 166 Å². The third-order valence-corrected chi connectivity index (χ3v) is 5.40. The third kappa shape index (κ3) is 7.86. The van der Waals surface area contributed by atoms with Crippen LogP contribution in [0.15, 0.2) is 22.5 Å². The standard InChI is InChI=1S/C19H32N4O3S/c1-22(2)18(24)13-21-19(20-8-6-17-5-4-12-27-17)23-9-7-16(14-23)15-26-11-10-25-3/h4-5,12,16H,6-11,13-15H2,1-3H3,(H,20,21). The lowest BCUT2D eigenvalue weighted by Gasteiger charge is -2.22. The van der Waals surface area contributed by atoms with Crippen molar-refractivity contribution in [2.24, 2.45) is 10.9 Å². The molecule has 0 spiro atoms. The van der Waals surface area contributed by atoms with Gasteiger partial charge in [0.2, 0.25) is 5.91 Å². The molecule has 8 heteroatoms. The van der Waals surface area contributed by atoms with Crippen molar-refractivity contribution in [3.63, 3.8) is 0 Å². The van der Waals surface area contributed by atoms with Gasteiger partial charge < -0.3 is 24.6 Å². The second-order valence-corrected chi connectivity index (χ2v) is 7.88. The fourth-order valence-corrected chi connectivity index (χ4v) is 3.57. The largest absolute Gasteiger partial charge is 0.382 e. The molecule has 1 aliphatic rings. The number of nitrogens with one attached hydrogen (secondary N) is 1. The fraction of sp³-hybridized carbons (Fsp3) is 0.684. The van der Waals surface area contributed by atoms with Crippen molar-refractivity contribution in [1.29, 1.82) is 0 Å². The smallest absolute Gasteiger partial charge is 0.243 e. The molecule has 1 aliphatic heterocycles. The van der Waals surface area contributed by atoms with Crippen LogP contribution >= 0.6 is 11.3 Å². The summed E-state index contributed by atoms with van der Waals surface area (Å²) in [6.07, 6.45) is 2.02. The van der Waals surface area contributed by atoms with Crippen LogP contribution in [0.25, 0.3) is 0 Å². The lowest BCUT2D eigenvalue weighted by Crippen LogP contribution is -2.42. The molecule has 1 atom stereocenters. The Kier molecular flexibility index (Phi) is 9.58. The van der Waals surface area contributed by atoms with Crippen LogP contribution in [0.2, 0.25) is 0 Å². The van der Waals surface area contributed by atoms with Gasteiger partial charge in [-0.25, -0.2) is 4.99 Å². The summed E-state index contributed by atoms with van der Waals surface area (Å²) in [5, 5.41) is 5.53. The van der Waals surface area contributed by atoms with Gasteiger partial charge >= 0.3 is 0 Å². The average Bonchev–Trinajstić information content (AvgIpc) is 3.33. The topological polar surface area (TPSA) is 66.4 Å². The first-order valence-corrected chi connectivity index (χ1v) is 10.3. The summed E-state index contributed by atoms with van der Waals surface area (Å²) in [6, 6.07) is 4.21. The summed E-state index contributed by atoms with van der Waals surface area (Å²) in [4.78, 5) is 21.7. The second kappa shape index (κ2) is 11.9. The zero-order valence-corrected chi connectivity index (χ0v) is 17.5. The van der Waals surface area contributed by atoms with E-state index >= 15 is 0 Å². The number of ether oxygens (including phenoxy) is 2. The van der Waals surface area contributed by atoms with Crippen LogP contribution in [0, 0.1) is 5.92 Å². The normalized spacial score (nSPS) is 17.4. The highest BCUT2D eigenvalue weighted by Gasteiger charge is 2.25. The lowest BCUT2D eigenvalue weighted by molar-refractivity contribution is -0.127. The number of hydrogen-bond acceptors (Lipinski definition) is 5. The van der Waals surface area contributed by atoms with E-state index in [1.807, 2.05) is 0 Å². The van der Waals surface area contributed by atoms with Crippen LogP contribution in [0.1, 0.15) is 11.3 Å². The van der Waals surface area contributed by atoms with Crippen LogP contribution in [0.4, 0.5) is 0 Å². The van der Waals surface area contributed by atoms with E-state index in [2.05, 4.69) is 32.7 Å². The molecule has 1 fully saturated rings. The zero-order chi connectivity index (χ0) is 19.5. The quantitative estimate of drug-likeness (QED) is 0.367. The summed E-state index contributed by atoms with van der Waals surface area (Å²) < 4.78 is 10.7. The van der Waals surface area contributed by atoms with Crippen molar-refractivity contribution in [2.45, 2.75) is 12.8 Å². The van der Waals surface area contributed by atoms with Crippen LogP contribution in [-0.4, -0.2) is 88.9 Å². The Bertz CT molecular complexity index is 578. The van der Waals surface area contributed by atoms with Crippen LogP contribution in [0.3, 0.4) is 0 Å². The molecule has 2 rings (SSSR count). The van der Waals surface area contributed by atoms with Gasteiger partial charge in [0, 0.05) is 51.6 Å². The number of aliphatic imine (C=N–C) groups is 1. The number of hydrogen-bond donors (Lipinski definition) is 1. The molecule has 1 amide bonds. The van der Waals surface area contributed by atoms with E-state index in [1.165, 1.54) is 4.88 Å². The van der Waals surface area contributed by atoms with Crippen molar-refractivity contribution in [3.8, 4) is 0 Å². The van der Waals surface area contributed by atoms with Gasteiger partial charge in [-0.2, -0.15) is 0 Å². The highest BCUT2D eigenvalue weighted by molar-refractivity contribution is 7.09. The van der Waals surface area contributed by atoms with E-state index in [0.717, 1.165) is 45.0 Å². The van der Waals surface area contributed by atoms with Gasteiger partial charge in [0.1, 0.15) is 6.54 Å². The number of carbonyl (C=O) groups excluding carboxylic acids is 1. The molecule has 0 radical (unpaired) electrons. The Balaban J connectivity index is 1.86. The molecule has 1 saturated heterocycles. The van der Waals surface area contributed by atoms with Gasteiger partial charge in [-0.05, 0) is 24.3 Å². The molecule has 1 N–H and O–H groups in total. The van der Waals surface area contributed by atoms with Crippen LogP contribution in [0.5, 0.6) is 0 Å². The number of guanidine groups is 1. The number of nitrogens with zero attached hydrogens (tertiary/aromatic N) is 3. The summed E-state index contributed by atoms with van der Waals surface area (Å²) in [7, 11) is 5.19. The summed E-state index contributed by atoms with van der Waals surface area (Å²) in [5.74, 6) is 1.31. The highest BCUT2D eigenvalue weighted by Crippen LogP contribution is 2.17. The minimum absolute atomic E-state index is 0.00574. The monoisotopic (exact) mass is 396 g/mol. The summed E-state index contributed by atoms with van der Waals surface area (Å²) >= 11 is 1.76. The van der Waals surface area contributed by atoms with E-state index in [0.29, 0.717) is 19.1 Å². The third-order valence-electron chi connectivity index (χ3n) is 4.47. The number of rotatable bonds is 10. The molecule has 2 heterocycles. The van der Waals surface area contributed by atoms with Crippen molar-refractivity contribution in [2.75, 3.05) is 67.2 Å². The van der Waals surface area contributed by atoms with Gasteiger partial charge in [-0.3, -0.25) is 4.79 Å². The average molecular weight is 397 g/mol. The molecule has 1 aromatic rings. The van der Waals surface area contributed by atoms with Gasteiger partial charge in [-0.1, -0.05) is 6.07 Å². The molecule has 0 bridgehead atoms. The number of amides is 1. The van der Waals surface area contributed by atoms with E-state index in [4.69, 9.17) is 9.47 Å². The minimum Gasteiger partial charge on any atom is -0.382 e. The van der Waals surface area contributed by atoms with Gasteiger partial charge in [-0.15, -0.1) is 11.3 Å². The van der Waals surface area contributed by atoms with Crippen molar-refractivity contribution < 1.29 is 14.3 Å². The maximum atomic E-state index is 11.9. The molecule has 152 valence electrons. The molecular weight excluding hydrogens is 364 g/mol. The van der Waals surface area contributed by atoms with Crippen molar-refractivity contribution >= 4 is 23.2 Å². The van der Waals surface area contributed by atoms with Gasteiger partial charge in [0.15, 0.2) is 5.96 Å². The number of carbonyl (C=O) groups is 1. The van der Waals surface area contributed by atoms with Gasteiger partial charge in [0.05, 0.1) is 19.8 Å². The molecule has 0 aliphatic carbocycles. The molecule has 7 nitrogen and oxygen atoms in total. The van der Waals surface area contributed by atoms with E-state index < -0.39 is 0 Å². The highest BCUT2D eigenvalue weighted by atomic mass is 32.1. The van der Waals surface area contributed by atoms with E-state index in [-0.39, 0.29) is 12.5 Å².